The van der Waals surface area contributed by atoms with Gasteiger partial charge in [0.05, 0.1) is 6.20 Å². The SMILES string of the molecule is CCNC(=NCCCn1cc(C)cn1)N1CCN(c2ccccc2)CC1. The summed E-state index contributed by atoms with van der Waals surface area (Å²) >= 11 is 0. The Morgan fingerprint density at radius 1 is 1.15 bits per heavy atom. The molecule has 0 atom stereocenters. The van der Waals surface area contributed by atoms with E-state index in [4.69, 9.17) is 4.99 Å². The van der Waals surface area contributed by atoms with E-state index >= 15 is 0 Å². The van der Waals surface area contributed by atoms with Gasteiger partial charge in [0, 0.05) is 57.7 Å². The van der Waals surface area contributed by atoms with Gasteiger partial charge in [-0.15, -0.1) is 0 Å². The van der Waals surface area contributed by atoms with Gasteiger partial charge >= 0.3 is 0 Å². The van der Waals surface area contributed by atoms with Gasteiger partial charge < -0.3 is 15.1 Å². The molecule has 3 rings (SSSR count). The summed E-state index contributed by atoms with van der Waals surface area (Å²) in [5.41, 5.74) is 2.52. The van der Waals surface area contributed by atoms with Gasteiger partial charge in [-0.05, 0) is 38.0 Å². The van der Waals surface area contributed by atoms with E-state index in [0.717, 1.165) is 58.2 Å². The highest BCUT2D eigenvalue weighted by Crippen LogP contribution is 2.15. The van der Waals surface area contributed by atoms with Crippen LogP contribution in [0.5, 0.6) is 0 Å². The lowest BCUT2D eigenvalue weighted by Gasteiger charge is -2.37. The van der Waals surface area contributed by atoms with Crippen molar-refractivity contribution >= 4 is 11.6 Å². The van der Waals surface area contributed by atoms with Gasteiger partial charge in [0.1, 0.15) is 0 Å². The molecule has 1 fully saturated rings. The second kappa shape index (κ2) is 9.27. The summed E-state index contributed by atoms with van der Waals surface area (Å²) < 4.78 is 2.00. The molecule has 1 N–H and O–H groups in total. The summed E-state index contributed by atoms with van der Waals surface area (Å²) in [5, 5.41) is 7.78. The Labute approximate surface area is 156 Å². The maximum absolute atomic E-state index is 4.83. The predicted molar refractivity (Wildman–Crippen MR) is 108 cm³/mol. The Morgan fingerprint density at radius 2 is 1.92 bits per heavy atom. The number of benzene rings is 1. The second-order valence-electron chi connectivity index (χ2n) is 6.68. The summed E-state index contributed by atoms with van der Waals surface area (Å²) in [6.45, 7) is 10.9. The lowest BCUT2D eigenvalue weighted by molar-refractivity contribution is 0.372. The molecule has 1 aromatic carbocycles. The molecule has 26 heavy (non-hydrogen) atoms. The third kappa shape index (κ3) is 5.00. The minimum atomic E-state index is 0.820. The van der Waals surface area contributed by atoms with E-state index in [2.05, 4.69) is 70.6 Å². The van der Waals surface area contributed by atoms with E-state index < -0.39 is 0 Å². The first kappa shape index (κ1) is 18.3. The summed E-state index contributed by atoms with van der Waals surface area (Å²) in [6.07, 6.45) is 4.98. The van der Waals surface area contributed by atoms with Gasteiger partial charge in [0.25, 0.3) is 0 Å². The molecular formula is C20H30N6. The average Bonchev–Trinajstić information content (AvgIpc) is 3.10. The van der Waals surface area contributed by atoms with Crippen molar-refractivity contribution in [2.75, 3.05) is 44.2 Å². The molecule has 2 heterocycles. The molecule has 0 amide bonds. The average molecular weight is 355 g/mol. The summed E-state index contributed by atoms with van der Waals surface area (Å²) in [5.74, 6) is 1.04. The third-order valence-electron chi connectivity index (χ3n) is 4.60. The van der Waals surface area contributed by atoms with Crippen molar-refractivity contribution in [1.29, 1.82) is 0 Å². The monoisotopic (exact) mass is 354 g/mol. The number of hydrogen-bond donors (Lipinski definition) is 1. The number of para-hydroxylation sites is 1. The van der Waals surface area contributed by atoms with Crippen LogP contribution in [-0.4, -0.2) is 59.9 Å². The smallest absolute Gasteiger partial charge is 0.194 e. The van der Waals surface area contributed by atoms with Gasteiger partial charge in [0.15, 0.2) is 5.96 Å². The van der Waals surface area contributed by atoms with Crippen LogP contribution in [0.2, 0.25) is 0 Å². The van der Waals surface area contributed by atoms with E-state index in [-0.39, 0.29) is 0 Å². The third-order valence-corrected chi connectivity index (χ3v) is 4.60. The van der Waals surface area contributed by atoms with Crippen molar-refractivity contribution < 1.29 is 0 Å². The number of guanidine groups is 1. The van der Waals surface area contributed by atoms with Gasteiger partial charge in [-0.3, -0.25) is 9.67 Å². The predicted octanol–water partition coefficient (Wildman–Crippen LogP) is 2.37. The first-order valence-electron chi connectivity index (χ1n) is 9.58. The van der Waals surface area contributed by atoms with E-state index in [9.17, 15) is 0 Å². The molecule has 0 spiro atoms. The second-order valence-corrected chi connectivity index (χ2v) is 6.68. The van der Waals surface area contributed by atoms with Crippen LogP contribution in [0.25, 0.3) is 0 Å². The lowest BCUT2D eigenvalue weighted by atomic mass is 10.2. The van der Waals surface area contributed by atoms with Crippen LogP contribution < -0.4 is 10.2 Å². The van der Waals surface area contributed by atoms with Crippen molar-refractivity contribution in [3.63, 3.8) is 0 Å². The number of aliphatic imine (C=N–C) groups is 1. The maximum Gasteiger partial charge on any atom is 0.194 e. The molecule has 6 nitrogen and oxygen atoms in total. The molecule has 0 saturated carbocycles. The van der Waals surface area contributed by atoms with Gasteiger partial charge in [-0.25, -0.2) is 0 Å². The highest BCUT2D eigenvalue weighted by molar-refractivity contribution is 5.80. The molecule has 6 heteroatoms. The van der Waals surface area contributed by atoms with Crippen LogP contribution in [0, 0.1) is 6.92 Å². The number of anilines is 1. The fraction of sp³-hybridized carbons (Fsp3) is 0.500. The number of hydrogen-bond acceptors (Lipinski definition) is 3. The minimum Gasteiger partial charge on any atom is -0.368 e. The molecule has 0 radical (unpaired) electrons. The molecule has 2 aromatic rings. The van der Waals surface area contributed by atoms with Crippen LogP contribution >= 0.6 is 0 Å². The fourth-order valence-electron chi connectivity index (χ4n) is 3.25. The first-order valence-corrected chi connectivity index (χ1v) is 9.58. The van der Waals surface area contributed by atoms with Crippen LogP contribution in [0.3, 0.4) is 0 Å². The summed E-state index contributed by atoms with van der Waals surface area (Å²) in [7, 11) is 0. The highest BCUT2D eigenvalue weighted by atomic mass is 15.3. The van der Waals surface area contributed by atoms with E-state index in [1.165, 1.54) is 11.3 Å². The number of piperazine rings is 1. The van der Waals surface area contributed by atoms with Crippen LogP contribution in [0.1, 0.15) is 18.9 Å². The van der Waals surface area contributed by atoms with Crippen LogP contribution in [-0.2, 0) is 6.54 Å². The Balaban J connectivity index is 1.49. The molecule has 140 valence electrons. The number of aryl methyl sites for hydroxylation is 2. The van der Waals surface area contributed by atoms with Crippen molar-refractivity contribution in [3.8, 4) is 0 Å². The summed E-state index contributed by atoms with van der Waals surface area (Å²) in [4.78, 5) is 9.65. The lowest BCUT2D eigenvalue weighted by Crippen LogP contribution is -2.52. The Kier molecular flexibility index (Phi) is 6.52. The molecular weight excluding hydrogens is 324 g/mol. The van der Waals surface area contributed by atoms with Gasteiger partial charge in [-0.1, -0.05) is 18.2 Å². The Morgan fingerprint density at radius 3 is 2.58 bits per heavy atom. The van der Waals surface area contributed by atoms with E-state index in [0.29, 0.717) is 0 Å². The molecule has 0 unspecified atom stereocenters. The summed E-state index contributed by atoms with van der Waals surface area (Å²) in [6, 6.07) is 10.7. The maximum atomic E-state index is 4.83. The van der Waals surface area contributed by atoms with Crippen molar-refractivity contribution in [1.82, 2.24) is 20.0 Å². The number of nitrogens with zero attached hydrogens (tertiary/aromatic N) is 5. The number of rotatable bonds is 6. The Hall–Kier alpha value is -2.50. The molecule has 1 saturated heterocycles. The first-order chi connectivity index (χ1) is 12.8. The molecule has 1 aromatic heterocycles. The van der Waals surface area contributed by atoms with Gasteiger partial charge in [0.2, 0.25) is 0 Å². The minimum absolute atomic E-state index is 0.820. The fourth-order valence-corrected chi connectivity index (χ4v) is 3.25. The quantitative estimate of drug-likeness (QED) is 0.492. The number of nitrogens with one attached hydrogen (secondary N) is 1. The molecule has 0 bridgehead atoms. The van der Waals surface area contributed by atoms with E-state index in [1.807, 2.05) is 10.9 Å². The van der Waals surface area contributed by atoms with Gasteiger partial charge in [-0.2, -0.15) is 5.10 Å². The van der Waals surface area contributed by atoms with Crippen LogP contribution in [0.15, 0.2) is 47.7 Å². The molecule has 1 aliphatic heterocycles. The standard InChI is InChI=1S/C20H30N6/c1-3-21-20(22-10-7-11-26-17-18(2)16-23-26)25-14-12-24(13-15-25)19-8-5-4-6-9-19/h4-6,8-9,16-17H,3,7,10-15H2,1-2H3,(H,21,22). The zero-order valence-corrected chi connectivity index (χ0v) is 15.9. The highest BCUT2D eigenvalue weighted by Gasteiger charge is 2.19. The largest absolute Gasteiger partial charge is 0.368 e. The van der Waals surface area contributed by atoms with Crippen molar-refractivity contribution in [3.05, 3.63) is 48.3 Å². The zero-order valence-electron chi connectivity index (χ0n) is 15.9. The normalized spacial score (nSPS) is 15.4. The number of aromatic nitrogens is 2. The molecule has 0 aliphatic carbocycles. The zero-order chi connectivity index (χ0) is 18.2. The van der Waals surface area contributed by atoms with Crippen molar-refractivity contribution in [2.24, 2.45) is 4.99 Å². The van der Waals surface area contributed by atoms with Crippen LogP contribution in [0.4, 0.5) is 5.69 Å². The van der Waals surface area contributed by atoms with Crippen molar-refractivity contribution in [2.45, 2.75) is 26.8 Å². The molecule has 1 aliphatic rings. The van der Waals surface area contributed by atoms with E-state index in [1.54, 1.807) is 0 Å². The Bertz CT molecular complexity index is 685. The topological polar surface area (TPSA) is 48.7 Å².